The number of carbonyl (C=O) groups excluding carboxylic acids is 2. The molecule has 1 aromatic heterocycles. The fourth-order valence-electron chi connectivity index (χ4n) is 1.44. The van der Waals surface area contributed by atoms with E-state index < -0.39 is 11.9 Å². The Hall–Kier alpha value is -1.95. The van der Waals surface area contributed by atoms with E-state index in [4.69, 9.17) is 5.11 Å². The maximum Gasteiger partial charge on any atom is 0.328 e. The molecule has 0 unspecified atom stereocenters. The van der Waals surface area contributed by atoms with Crippen molar-refractivity contribution in [1.29, 1.82) is 0 Å². The van der Waals surface area contributed by atoms with Crippen molar-refractivity contribution in [3.63, 3.8) is 0 Å². The maximum absolute atomic E-state index is 11.6. The molecule has 1 rings (SSSR count). The first-order valence-corrected chi connectivity index (χ1v) is 6.80. The van der Waals surface area contributed by atoms with E-state index in [0.29, 0.717) is 10.6 Å². The standard InChI is InChI=1S/C14H17NO4S/c1-8(16)13-9(7-10(20-13)14(2,3)4)15-11(17)5-6-12(18)19/h5-7H,1-4H3,(H,15,17)(H,18,19)/b6-5-. The molecular formula is C14H17NO4S. The second kappa shape index (κ2) is 6.00. The molecule has 20 heavy (non-hydrogen) atoms. The molecule has 0 aliphatic carbocycles. The van der Waals surface area contributed by atoms with Gasteiger partial charge in [-0.3, -0.25) is 9.59 Å². The Bertz CT molecular complexity index is 578. The van der Waals surface area contributed by atoms with Gasteiger partial charge in [0, 0.05) is 24.0 Å². The first-order chi connectivity index (χ1) is 9.11. The number of ketones is 1. The summed E-state index contributed by atoms with van der Waals surface area (Å²) in [7, 11) is 0. The van der Waals surface area contributed by atoms with Crippen LogP contribution in [-0.2, 0) is 15.0 Å². The van der Waals surface area contributed by atoms with Crippen molar-refractivity contribution >= 4 is 34.7 Å². The molecule has 0 saturated carbocycles. The maximum atomic E-state index is 11.6. The highest BCUT2D eigenvalue weighted by Gasteiger charge is 2.22. The summed E-state index contributed by atoms with van der Waals surface area (Å²) in [5.74, 6) is -1.91. The number of hydrogen-bond acceptors (Lipinski definition) is 4. The number of amides is 1. The Morgan fingerprint density at radius 3 is 2.30 bits per heavy atom. The van der Waals surface area contributed by atoms with Gasteiger partial charge in [-0.15, -0.1) is 11.3 Å². The van der Waals surface area contributed by atoms with Crippen LogP contribution in [0.3, 0.4) is 0 Å². The molecule has 0 radical (unpaired) electrons. The van der Waals surface area contributed by atoms with Crippen LogP contribution in [0.2, 0.25) is 0 Å². The number of anilines is 1. The number of carboxylic acid groups (broad SMARTS) is 1. The van der Waals surface area contributed by atoms with Crippen LogP contribution in [0.5, 0.6) is 0 Å². The predicted molar refractivity (Wildman–Crippen MR) is 78.4 cm³/mol. The van der Waals surface area contributed by atoms with Crippen molar-refractivity contribution in [2.24, 2.45) is 0 Å². The molecule has 2 N–H and O–H groups in total. The summed E-state index contributed by atoms with van der Waals surface area (Å²) in [6.45, 7) is 7.47. The minimum absolute atomic E-state index is 0.130. The van der Waals surface area contributed by atoms with Crippen molar-refractivity contribution in [2.45, 2.75) is 33.1 Å². The second-order valence-electron chi connectivity index (χ2n) is 5.32. The highest BCUT2D eigenvalue weighted by molar-refractivity contribution is 7.14. The third kappa shape index (κ3) is 4.31. The summed E-state index contributed by atoms with van der Waals surface area (Å²) in [4.78, 5) is 35.0. The summed E-state index contributed by atoms with van der Waals surface area (Å²) >= 11 is 1.34. The summed E-state index contributed by atoms with van der Waals surface area (Å²) < 4.78 is 0. The number of hydrogen-bond donors (Lipinski definition) is 2. The highest BCUT2D eigenvalue weighted by Crippen LogP contribution is 2.35. The van der Waals surface area contributed by atoms with Gasteiger partial charge >= 0.3 is 5.97 Å². The number of rotatable bonds is 4. The number of carbonyl (C=O) groups is 3. The van der Waals surface area contributed by atoms with Crippen LogP contribution in [0.1, 0.15) is 42.2 Å². The molecule has 0 aromatic carbocycles. The molecule has 5 nitrogen and oxygen atoms in total. The fraction of sp³-hybridized carbons (Fsp3) is 0.357. The highest BCUT2D eigenvalue weighted by atomic mass is 32.1. The summed E-state index contributed by atoms with van der Waals surface area (Å²) in [5, 5.41) is 11.0. The molecule has 0 bridgehead atoms. The minimum Gasteiger partial charge on any atom is -0.478 e. The molecule has 108 valence electrons. The van der Waals surface area contributed by atoms with Crippen LogP contribution in [-0.4, -0.2) is 22.8 Å². The van der Waals surface area contributed by atoms with Gasteiger partial charge in [0.15, 0.2) is 5.78 Å². The van der Waals surface area contributed by atoms with Crippen LogP contribution in [0, 0.1) is 0 Å². The molecule has 6 heteroatoms. The van der Waals surface area contributed by atoms with E-state index in [-0.39, 0.29) is 11.2 Å². The average Bonchev–Trinajstić information content (AvgIpc) is 2.70. The number of nitrogens with one attached hydrogen (secondary N) is 1. The molecule has 0 fully saturated rings. The van der Waals surface area contributed by atoms with Gasteiger partial charge in [-0.05, 0) is 11.5 Å². The van der Waals surface area contributed by atoms with Gasteiger partial charge in [0.1, 0.15) is 0 Å². The van der Waals surface area contributed by atoms with E-state index in [1.807, 2.05) is 20.8 Å². The van der Waals surface area contributed by atoms with E-state index in [9.17, 15) is 14.4 Å². The Balaban J connectivity index is 3.05. The predicted octanol–water partition coefficient (Wildman–Crippen LogP) is 2.83. The largest absolute Gasteiger partial charge is 0.478 e. The number of aliphatic carboxylic acids is 1. The van der Waals surface area contributed by atoms with Crippen molar-refractivity contribution in [2.75, 3.05) is 5.32 Å². The molecule has 1 heterocycles. The van der Waals surface area contributed by atoms with E-state index in [1.165, 1.54) is 18.3 Å². The van der Waals surface area contributed by atoms with Gasteiger partial charge in [0.05, 0.1) is 10.6 Å². The van der Waals surface area contributed by atoms with Gasteiger partial charge in [-0.2, -0.15) is 0 Å². The molecule has 0 atom stereocenters. The third-order valence-corrected chi connectivity index (χ3v) is 4.09. The lowest BCUT2D eigenvalue weighted by Gasteiger charge is -2.15. The van der Waals surface area contributed by atoms with Gasteiger partial charge in [-0.1, -0.05) is 20.8 Å². The molecular weight excluding hydrogens is 278 g/mol. The van der Waals surface area contributed by atoms with Gasteiger partial charge in [0.2, 0.25) is 5.91 Å². The quantitative estimate of drug-likeness (QED) is 0.661. The second-order valence-corrected chi connectivity index (χ2v) is 6.37. The SMILES string of the molecule is CC(=O)c1sc(C(C)(C)C)cc1NC(=O)/C=C\C(=O)O. The molecule has 0 spiro atoms. The summed E-state index contributed by atoms with van der Waals surface area (Å²) in [6, 6.07) is 1.76. The lowest BCUT2D eigenvalue weighted by molar-refractivity contribution is -0.131. The number of Topliss-reactive ketones (excluding diaryl/α,β-unsaturated/α-hetero) is 1. The lowest BCUT2D eigenvalue weighted by atomic mass is 9.94. The zero-order valence-corrected chi connectivity index (χ0v) is 12.6. The Morgan fingerprint density at radius 1 is 1.25 bits per heavy atom. The van der Waals surface area contributed by atoms with Crippen molar-refractivity contribution in [3.05, 3.63) is 28.0 Å². The van der Waals surface area contributed by atoms with E-state index in [2.05, 4.69) is 5.32 Å². The van der Waals surface area contributed by atoms with Gasteiger partial charge in [-0.25, -0.2) is 4.79 Å². The Morgan fingerprint density at radius 2 is 1.85 bits per heavy atom. The third-order valence-electron chi connectivity index (χ3n) is 2.43. The van der Waals surface area contributed by atoms with Crippen molar-refractivity contribution < 1.29 is 19.5 Å². The summed E-state index contributed by atoms with van der Waals surface area (Å²) in [6.07, 6.45) is 1.67. The molecule has 1 amide bonds. The number of thiophene rings is 1. The van der Waals surface area contributed by atoms with Crippen LogP contribution in [0.4, 0.5) is 5.69 Å². The van der Waals surface area contributed by atoms with Gasteiger partial charge < -0.3 is 10.4 Å². The fourth-order valence-corrected chi connectivity index (χ4v) is 2.50. The summed E-state index contributed by atoms with van der Waals surface area (Å²) in [5.41, 5.74) is 0.293. The molecule has 0 aliphatic heterocycles. The van der Waals surface area contributed by atoms with Crippen LogP contribution >= 0.6 is 11.3 Å². The van der Waals surface area contributed by atoms with E-state index in [0.717, 1.165) is 17.0 Å². The van der Waals surface area contributed by atoms with Crippen molar-refractivity contribution in [3.8, 4) is 0 Å². The van der Waals surface area contributed by atoms with E-state index >= 15 is 0 Å². The van der Waals surface area contributed by atoms with Gasteiger partial charge in [0.25, 0.3) is 0 Å². The molecule has 0 aliphatic rings. The molecule has 0 saturated heterocycles. The Labute approximate surface area is 121 Å². The lowest BCUT2D eigenvalue weighted by Crippen LogP contribution is -2.11. The first kappa shape index (κ1) is 16.1. The zero-order valence-electron chi connectivity index (χ0n) is 11.8. The zero-order chi connectivity index (χ0) is 15.5. The average molecular weight is 295 g/mol. The Kier molecular flexibility index (Phi) is 4.83. The van der Waals surface area contributed by atoms with Crippen LogP contribution in [0.15, 0.2) is 18.2 Å². The normalized spacial score (nSPS) is 11.6. The first-order valence-electron chi connectivity index (χ1n) is 5.98. The topological polar surface area (TPSA) is 83.5 Å². The molecule has 1 aromatic rings. The number of carboxylic acids is 1. The van der Waals surface area contributed by atoms with Crippen molar-refractivity contribution in [1.82, 2.24) is 0 Å². The van der Waals surface area contributed by atoms with Crippen LogP contribution < -0.4 is 5.32 Å². The minimum atomic E-state index is -1.20. The van der Waals surface area contributed by atoms with Crippen LogP contribution in [0.25, 0.3) is 0 Å². The monoisotopic (exact) mass is 295 g/mol. The van der Waals surface area contributed by atoms with E-state index in [1.54, 1.807) is 6.07 Å². The smallest absolute Gasteiger partial charge is 0.328 e.